The Morgan fingerprint density at radius 2 is 2.20 bits per heavy atom. The normalized spacial score (nSPS) is 21.6. The van der Waals surface area contributed by atoms with Gasteiger partial charge in [-0.2, -0.15) is 16.4 Å². The van der Waals surface area contributed by atoms with Crippen LogP contribution in [0, 0.1) is 5.41 Å². The molecule has 1 aliphatic heterocycles. The molecule has 20 heavy (non-hydrogen) atoms. The highest BCUT2D eigenvalue weighted by Gasteiger charge is 2.32. The third-order valence-corrected chi connectivity index (χ3v) is 5.01. The average Bonchev–Trinajstić information content (AvgIpc) is 2.95. The topological polar surface area (TPSA) is 55.6 Å². The molecule has 0 amide bonds. The molecule has 0 saturated carbocycles. The zero-order chi connectivity index (χ0) is 14.0. The molecule has 1 aliphatic rings. The van der Waals surface area contributed by atoms with Gasteiger partial charge in [-0.05, 0) is 40.1 Å². The van der Waals surface area contributed by atoms with Crippen molar-refractivity contribution in [3.63, 3.8) is 0 Å². The molecule has 0 aliphatic carbocycles. The third kappa shape index (κ3) is 2.65. The second kappa shape index (κ2) is 5.44. The second-order valence-corrected chi connectivity index (χ2v) is 6.93. The van der Waals surface area contributed by atoms with E-state index in [0.717, 1.165) is 17.1 Å². The molecule has 1 aromatic heterocycles. The van der Waals surface area contributed by atoms with Crippen LogP contribution in [0.3, 0.4) is 0 Å². The fraction of sp³-hybridized carbons (Fsp3) is 0.500. The van der Waals surface area contributed by atoms with Gasteiger partial charge in [-0.1, -0.05) is 26.0 Å². The van der Waals surface area contributed by atoms with Crippen LogP contribution in [0.5, 0.6) is 0 Å². The van der Waals surface area contributed by atoms with Gasteiger partial charge < -0.3 is 5.32 Å². The lowest BCUT2D eigenvalue weighted by atomic mass is 9.82. The number of rotatable bonds is 3. The smallest absolute Gasteiger partial charge is 0.143 e. The number of anilines is 1. The quantitative estimate of drug-likeness (QED) is 0.941. The molecule has 0 radical (unpaired) electrons. The van der Waals surface area contributed by atoms with E-state index in [1.165, 1.54) is 12.2 Å². The van der Waals surface area contributed by atoms with Gasteiger partial charge in [0.1, 0.15) is 6.33 Å². The van der Waals surface area contributed by atoms with Gasteiger partial charge >= 0.3 is 0 Å². The van der Waals surface area contributed by atoms with E-state index >= 15 is 0 Å². The van der Waals surface area contributed by atoms with Gasteiger partial charge in [-0.25, -0.2) is 0 Å². The van der Waals surface area contributed by atoms with Crippen molar-refractivity contribution >= 4 is 17.4 Å². The zero-order valence-electron chi connectivity index (χ0n) is 11.8. The number of tetrazole rings is 1. The highest BCUT2D eigenvalue weighted by atomic mass is 32.2. The Kier molecular flexibility index (Phi) is 3.65. The van der Waals surface area contributed by atoms with Crippen molar-refractivity contribution in [2.24, 2.45) is 5.41 Å². The number of nitrogens with zero attached hydrogens (tertiary/aromatic N) is 4. The molecule has 3 rings (SSSR count). The number of hydrogen-bond donors (Lipinski definition) is 1. The van der Waals surface area contributed by atoms with Crippen LogP contribution in [0.4, 0.5) is 5.69 Å². The Hall–Kier alpha value is -1.56. The van der Waals surface area contributed by atoms with Gasteiger partial charge in [-0.15, -0.1) is 5.10 Å². The highest BCUT2D eigenvalue weighted by molar-refractivity contribution is 7.99. The van der Waals surface area contributed by atoms with E-state index in [-0.39, 0.29) is 0 Å². The molecule has 1 aromatic carbocycles. The molecule has 5 nitrogen and oxygen atoms in total. The Bertz CT molecular complexity index is 567. The summed E-state index contributed by atoms with van der Waals surface area (Å²) in [5.41, 5.74) is 2.38. The maximum absolute atomic E-state index is 3.99. The molecule has 1 N–H and O–H groups in total. The van der Waals surface area contributed by atoms with Crippen LogP contribution in [0.25, 0.3) is 5.69 Å². The van der Waals surface area contributed by atoms with E-state index < -0.39 is 0 Å². The Labute approximate surface area is 123 Å². The van der Waals surface area contributed by atoms with Crippen LogP contribution in [-0.2, 0) is 0 Å². The van der Waals surface area contributed by atoms with Crippen molar-refractivity contribution in [1.29, 1.82) is 0 Å². The minimum Gasteiger partial charge on any atom is -0.379 e. The number of hydrogen-bond acceptors (Lipinski definition) is 5. The molecule has 0 bridgehead atoms. The van der Waals surface area contributed by atoms with Crippen molar-refractivity contribution in [2.45, 2.75) is 26.3 Å². The maximum Gasteiger partial charge on any atom is 0.143 e. The van der Waals surface area contributed by atoms with E-state index in [1.807, 2.05) is 30.0 Å². The Morgan fingerprint density at radius 3 is 2.95 bits per heavy atom. The standard InChI is InChI=1S/C14H19N5S/c1-14(2)7-8-20-9-13(14)16-11-5-3-4-6-12(11)19-10-15-17-18-19/h3-6,10,13,16H,7-9H2,1-2H3. The third-order valence-electron chi connectivity index (χ3n) is 3.95. The van der Waals surface area contributed by atoms with Gasteiger partial charge in [0.15, 0.2) is 0 Å². The van der Waals surface area contributed by atoms with Crippen molar-refractivity contribution < 1.29 is 0 Å². The summed E-state index contributed by atoms with van der Waals surface area (Å²) in [7, 11) is 0. The average molecular weight is 289 g/mol. The summed E-state index contributed by atoms with van der Waals surface area (Å²) in [5.74, 6) is 2.39. The molecule has 1 atom stereocenters. The minimum atomic E-state index is 0.305. The van der Waals surface area contributed by atoms with Gasteiger partial charge in [0.2, 0.25) is 0 Å². The van der Waals surface area contributed by atoms with Crippen molar-refractivity contribution in [2.75, 3.05) is 16.8 Å². The summed E-state index contributed by atoms with van der Waals surface area (Å²) in [6.45, 7) is 4.67. The van der Waals surface area contributed by atoms with E-state index in [9.17, 15) is 0 Å². The summed E-state index contributed by atoms with van der Waals surface area (Å²) in [6.07, 6.45) is 2.86. The van der Waals surface area contributed by atoms with E-state index in [1.54, 1.807) is 11.0 Å². The molecule has 1 saturated heterocycles. The van der Waals surface area contributed by atoms with Crippen LogP contribution < -0.4 is 5.32 Å². The summed E-state index contributed by atoms with van der Waals surface area (Å²) in [4.78, 5) is 0. The molecule has 106 valence electrons. The van der Waals surface area contributed by atoms with E-state index in [2.05, 4.69) is 40.8 Å². The molecule has 6 heteroatoms. The lowest BCUT2D eigenvalue weighted by molar-refractivity contribution is 0.305. The predicted molar refractivity (Wildman–Crippen MR) is 82.3 cm³/mol. The first-order chi connectivity index (χ1) is 9.67. The van der Waals surface area contributed by atoms with Gasteiger partial charge in [0, 0.05) is 11.8 Å². The summed E-state index contributed by atoms with van der Waals surface area (Å²) in [6, 6.07) is 8.62. The Morgan fingerprint density at radius 1 is 1.35 bits per heavy atom. The molecular weight excluding hydrogens is 270 g/mol. The molecule has 2 aromatic rings. The zero-order valence-corrected chi connectivity index (χ0v) is 12.6. The van der Waals surface area contributed by atoms with Crippen LogP contribution in [0.1, 0.15) is 20.3 Å². The maximum atomic E-state index is 3.99. The fourth-order valence-electron chi connectivity index (χ4n) is 2.43. The number of aromatic nitrogens is 4. The number of para-hydroxylation sites is 2. The van der Waals surface area contributed by atoms with Crippen LogP contribution in [0.15, 0.2) is 30.6 Å². The van der Waals surface area contributed by atoms with Crippen molar-refractivity contribution in [3.05, 3.63) is 30.6 Å². The van der Waals surface area contributed by atoms with Crippen molar-refractivity contribution in [1.82, 2.24) is 20.2 Å². The predicted octanol–water partition coefficient (Wildman–Crippen LogP) is 2.61. The highest BCUT2D eigenvalue weighted by Crippen LogP contribution is 2.36. The van der Waals surface area contributed by atoms with Crippen LogP contribution in [0.2, 0.25) is 0 Å². The molecule has 1 unspecified atom stereocenters. The molecule has 2 heterocycles. The van der Waals surface area contributed by atoms with Crippen LogP contribution >= 0.6 is 11.8 Å². The van der Waals surface area contributed by atoms with Crippen molar-refractivity contribution in [3.8, 4) is 5.69 Å². The summed E-state index contributed by atoms with van der Waals surface area (Å²) < 4.78 is 1.70. The largest absolute Gasteiger partial charge is 0.379 e. The molecular formula is C14H19N5S. The summed E-state index contributed by atoms with van der Waals surface area (Å²) in [5, 5.41) is 15.1. The second-order valence-electron chi connectivity index (χ2n) is 5.78. The van der Waals surface area contributed by atoms with Gasteiger partial charge in [0.05, 0.1) is 11.4 Å². The van der Waals surface area contributed by atoms with Gasteiger partial charge in [-0.3, -0.25) is 0 Å². The lowest BCUT2D eigenvalue weighted by Gasteiger charge is -2.39. The number of benzene rings is 1. The fourth-order valence-corrected chi connectivity index (χ4v) is 4.04. The minimum absolute atomic E-state index is 0.305. The number of nitrogens with one attached hydrogen (secondary N) is 1. The Balaban J connectivity index is 1.88. The van der Waals surface area contributed by atoms with Gasteiger partial charge in [0.25, 0.3) is 0 Å². The lowest BCUT2D eigenvalue weighted by Crippen LogP contribution is -2.41. The molecule has 1 fully saturated rings. The van der Waals surface area contributed by atoms with E-state index in [4.69, 9.17) is 0 Å². The first-order valence-electron chi connectivity index (χ1n) is 6.83. The SMILES string of the molecule is CC1(C)CCSCC1Nc1ccccc1-n1cnnn1. The first kappa shape index (κ1) is 13.4. The van der Waals surface area contributed by atoms with Crippen LogP contribution in [-0.4, -0.2) is 37.8 Å². The monoisotopic (exact) mass is 289 g/mol. The van der Waals surface area contributed by atoms with E-state index in [0.29, 0.717) is 11.5 Å². The molecule has 0 spiro atoms. The summed E-state index contributed by atoms with van der Waals surface area (Å²) >= 11 is 2.02. The number of thioether (sulfide) groups is 1. The first-order valence-corrected chi connectivity index (χ1v) is 7.99.